The zero-order chi connectivity index (χ0) is 12.4. The number of nitrogens with two attached hydrogens (primary N) is 1. The Kier molecular flexibility index (Phi) is 3.70. The van der Waals surface area contributed by atoms with E-state index in [0.29, 0.717) is 18.3 Å². The first kappa shape index (κ1) is 13.1. The molecule has 0 bridgehead atoms. The Labute approximate surface area is 96.4 Å². The van der Waals surface area contributed by atoms with Gasteiger partial charge in [-0.15, -0.1) is 0 Å². The monoisotopic (exact) mass is 227 g/mol. The van der Waals surface area contributed by atoms with Crippen LogP contribution in [0.1, 0.15) is 45.8 Å². The van der Waals surface area contributed by atoms with Crippen molar-refractivity contribution in [2.24, 2.45) is 5.73 Å². The van der Waals surface area contributed by atoms with E-state index in [1.54, 1.807) is 7.11 Å². The number of hydrogen-bond acceptors (Lipinski definition) is 5. The average Bonchev–Trinajstić information content (AvgIpc) is 2.67. The Hall–Kier alpha value is -0.940. The summed E-state index contributed by atoms with van der Waals surface area (Å²) in [6.07, 6.45) is 0.931. The third kappa shape index (κ3) is 2.59. The molecule has 5 nitrogen and oxygen atoms in total. The predicted octanol–water partition coefficient (Wildman–Crippen LogP) is 1.58. The summed E-state index contributed by atoms with van der Waals surface area (Å²) in [7, 11) is 1.60. The molecule has 0 amide bonds. The van der Waals surface area contributed by atoms with E-state index in [0.717, 1.165) is 6.42 Å². The summed E-state index contributed by atoms with van der Waals surface area (Å²) in [6, 6.07) is 0. The molecule has 1 atom stereocenters. The maximum absolute atomic E-state index is 6.04. The molecular weight excluding hydrogens is 206 g/mol. The van der Waals surface area contributed by atoms with Gasteiger partial charge in [-0.1, -0.05) is 25.9 Å². The minimum absolute atomic E-state index is 0.117. The van der Waals surface area contributed by atoms with E-state index in [4.69, 9.17) is 15.0 Å². The molecule has 0 aliphatic carbocycles. The number of nitrogens with zero attached hydrogens (tertiary/aromatic N) is 2. The summed E-state index contributed by atoms with van der Waals surface area (Å²) in [5.41, 5.74) is 5.21. The van der Waals surface area contributed by atoms with Gasteiger partial charge in [0.2, 0.25) is 5.89 Å². The second kappa shape index (κ2) is 4.51. The van der Waals surface area contributed by atoms with Crippen molar-refractivity contribution in [2.45, 2.75) is 45.1 Å². The van der Waals surface area contributed by atoms with Gasteiger partial charge in [0.15, 0.2) is 5.82 Å². The van der Waals surface area contributed by atoms with Crippen LogP contribution in [0, 0.1) is 0 Å². The van der Waals surface area contributed by atoms with E-state index in [1.165, 1.54) is 0 Å². The normalized spacial score (nSPS) is 16.1. The third-order valence-corrected chi connectivity index (χ3v) is 2.84. The van der Waals surface area contributed by atoms with Crippen LogP contribution < -0.4 is 5.73 Å². The van der Waals surface area contributed by atoms with Crippen LogP contribution in [0.2, 0.25) is 0 Å². The first-order valence-electron chi connectivity index (χ1n) is 5.46. The molecule has 1 rings (SSSR count). The van der Waals surface area contributed by atoms with Crippen molar-refractivity contribution in [1.29, 1.82) is 0 Å². The second-order valence-electron chi connectivity index (χ2n) is 5.01. The lowest BCUT2D eigenvalue weighted by Crippen LogP contribution is -2.39. The molecule has 0 fully saturated rings. The van der Waals surface area contributed by atoms with Crippen LogP contribution in [0.25, 0.3) is 0 Å². The van der Waals surface area contributed by atoms with Crippen molar-refractivity contribution in [3.8, 4) is 0 Å². The standard InChI is InChI=1S/C11H21N3O2/c1-6-10(2,3)9-13-8(14-16-9)11(4,12)7-15-5/h6-7,12H2,1-5H3. The van der Waals surface area contributed by atoms with Crippen LogP contribution in [0.4, 0.5) is 0 Å². The number of methoxy groups -OCH3 is 1. The van der Waals surface area contributed by atoms with Gasteiger partial charge in [-0.05, 0) is 13.3 Å². The lowest BCUT2D eigenvalue weighted by molar-refractivity contribution is 0.134. The minimum Gasteiger partial charge on any atom is -0.382 e. The van der Waals surface area contributed by atoms with Gasteiger partial charge in [-0.25, -0.2) is 0 Å². The summed E-state index contributed by atoms with van der Waals surface area (Å²) in [4.78, 5) is 4.36. The molecule has 1 unspecified atom stereocenters. The predicted molar refractivity (Wildman–Crippen MR) is 61.0 cm³/mol. The largest absolute Gasteiger partial charge is 0.382 e. The third-order valence-electron chi connectivity index (χ3n) is 2.84. The van der Waals surface area contributed by atoms with Gasteiger partial charge in [0.25, 0.3) is 0 Å². The molecule has 16 heavy (non-hydrogen) atoms. The molecule has 92 valence electrons. The summed E-state index contributed by atoms with van der Waals surface area (Å²) < 4.78 is 10.3. The average molecular weight is 227 g/mol. The Morgan fingerprint density at radius 3 is 2.50 bits per heavy atom. The van der Waals surface area contributed by atoms with E-state index >= 15 is 0 Å². The summed E-state index contributed by atoms with van der Waals surface area (Å²) in [5, 5.41) is 3.93. The molecule has 0 spiro atoms. The van der Waals surface area contributed by atoms with Gasteiger partial charge in [-0.3, -0.25) is 0 Å². The van der Waals surface area contributed by atoms with E-state index in [2.05, 4.69) is 30.9 Å². The molecule has 2 N–H and O–H groups in total. The van der Waals surface area contributed by atoms with Crippen molar-refractivity contribution in [2.75, 3.05) is 13.7 Å². The lowest BCUT2D eigenvalue weighted by Gasteiger charge is -2.19. The highest BCUT2D eigenvalue weighted by Gasteiger charge is 2.31. The van der Waals surface area contributed by atoms with E-state index in [-0.39, 0.29) is 5.41 Å². The zero-order valence-electron chi connectivity index (χ0n) is 10.7. The van der Waals surface area contributed by atoms with Crippen molar-refractivity contribution < 1.29 is 9.26 Å². The quantitative estimate of drug-likeness (QED) is 0.826. The Morgan fingerprint density at radius 1 is 1.38 bits per heavy atom. The molecule has 0 aliphatic rings. The number of ether oxygens (including phenoxy) is 1. The van der Waals surface area contributed by atoms with Crippen LogP contribution in [0.3, 0.4) is 0 Å². The van der Waals surface area contributed by atoms with Crippen LogP contribution in [0.5, 0.6) is 0 Å². The maximum atomic E-state index is 6.04. The first-order valence-corrected chi connectivity index (χ1v) is 5.46. The van der Waals surface area contributed by atoms with Crippen LogP contribution in [-0.2, 0) is 15.7 Å². The van der Waals surface area contributed by atoms with Gasteiger partial charge in [0.05, 0.1) is 6.61 Å². The van der Waals surface area contributed by atoms with Gasteiger partial charge in [0.1, 0.15) is 5.54 Å². The number of rotatable bonds is 5. The van der Waals surface area contributed by atoms with Crippen molar-refractivity contribution >= 4 is 0 Å². The van der Waals surface area contributed by atoms with Gasteiger partial charge < -0.3 is 15.0 Å². The van der Waals surface area contributed by atoms with Gasteiger partial charge >= 0.3 is 0 Å². The molecule has 1 aromatic heterocycles. The second-order valence-corrected chi connectivity index (χ2v) is 5.01. The molecule has 0 radical (unpaired) electrons. The van der Waals surface area contributed by atoms with Crippen LogP contribution in [-0.4, -0.2) is 23.9 Å². The van der Waals surface area contributed by atoms with Crippen LogP contribution in [0.15, 0.2) is 4.52 Å². The Balaban J connectivity index is 2.95. The smallest absolute Gasteiger partial charge is 0.232 e. The highest BCUT2D eigenvalue weighted by molar-refractivity contribution is 5.06. The topological polar surface area (TPSA) is 74.2 Å². The van der Waals surface area contributed by atoms with E-state index in [9.17, 15) is 0 Å². The summed E-state index contributed by atoms with van der Waals surface area (Å²) >= 11 is 0. The van der Waals surface area contributed by atoms with Gasteiger partial charge in [0, 0.05) is 12.5 Å². The van der Waals surface area contributed by atoms with Crippen molar-refractivity contribution in [3.63, 3.8) is 0 Å². The van der Waals surface area contributed by atoms with Crippen molar-refractivity contribution in [3.05, 3.63) is 11.7 Å². The lowest BCUT2D eigenvalue weighted by atomic mass is 9.90. The van der Waals surface area contributed by atoms with E-state index < -0.39 is 5.54 Å². The first-order chi connectivity index (χ1) is 7.33. The fourth-order valence-electron chi connectivity index (χ4n) is 1.25. The fraction of sp³-hybridized carbons (Fsp3) is 0.818. The highest BCUT2D eigenvalue weighted by atomic mass is 16.5. The number of aromatic nitrogens is 2. The van der Waals surface area contributed by atoms with E-state index in [1.807, 2.05) is 6.92 Å². The minimum atomic E-state index is -0.708. The molecule has 0 aliphatic heterocycles. The molecular formula is C11H21N3O2. The van der Waals surface area contributed by atoms with Gasteiger partial charge in [-0.2, -0.15) is 4.98 Å². The fourth-order valence-corrected chi connectivity index (χ4v) is 1.25. The molecule has 0 saturated heterocycles. The zero-order valence-corrected chi connectivity index (χ0v) is 10.7. The van der Waals surface area contributed by atoms with Crippen molar-refractivity contribution in [1.82, 2.24) is 10.1 Å². The summed E-state index contributed by atoms with van der Waals surface area (Å²) in [5.74, 6) is 1.11. The maximum Gasteiger partial charge on any atom is 0.232 e. The SMILES string of the molecule is CCC(C)(C)c1nc(C(C)(N)COC)no1. The number of hydrogen-bond donors (Lipinski definition) is 1. The molecule has 0 saturated carbocycles. The highest BCUT2D eigenvalue weighted by Crippen LogP contribution is 2.26. The molecule has 1 heterocycles. The van der Waals surface area contributed by atoms with Crippen LogP contribution >= 0.6 is 0 Å². The molecule has 1 aromatic rings. The summed E-state index contributed by atoms with van der Waals surface area (Å²) in [6.45, 7) is 8.40. The Bertz CT molecular complexity index is 345. The Morgan fingerprint density at radius 2 is 2.00 bits per heavy atom. The molecule has 5 heteroatoms. The molecule has 0 aromatic carbocycles.